The molecule has 0 radical (unpaired) electrons. The van der Waals surface area contributed by atoms with E-state index in [4.69, 9.17) is 4.74 Å². The number of nitrogens with zero attached hydrogens (tertiary/aromatic N) is 1. The first kappa shape index (κ1) is 13.9. The van der Waals surface area contributed by atoms with Gasteiger partial charge in [0.15, 0.2) is 0 Å². The van der Waals surface area contributed by atoms with Gasteiger partial charge in [0.05, 0.1) is 12.7 Å². The van der Waals surface area contributed by atoms with Crippen LogP contribution < -0.4 is 0 Å². The third-order valence-electron chi connectivity index (χ3n) is 2.75. The van der Waals surface area contributed by atoms with Gasteiger partial charge in [-0.25, -0.2) is 4.79 Å². The number of rotatable bonds is 3. The van der Waals surface area contributed by atoms with Crippen LogP contribution in [-0.2, 0) is 9.53 Å². The van der Waals surface area contributed by atoms with Crippen molar-refractivity contribution in [3.05, 3.63) is 0 Å². The molecule has 1 aliphatic heterocycles. The number of likely N-dealkylation sites (tertiary alicyclic amines) is 1. The van der Waals surface area contributed by atoms with Crippen LogP contribution in [0.15, 0.2) is 0 Å². The number of carbonyl (C=O) groups is 2. The zero-order valence-corrected chi connectivity index (χ0v) is 10.6. The number of halogens is 1. The van der Waals surface area contributed by atoms with Crippen LogP contribution in [-0.4, -0.2) is 41.6 Å². The van der Waals surface area contributed by atoms with Crippen LogP contribution in [0.3, 0.4) is 0 Å². The predicted molar refractivity (Wildman–Crippen MR) is 61.5 cm³/mol. The molecule has 0 aromatic carbocycles. The lowest BCUT2D eigenvalue weighted by molar-refractivity contribution is -0.112. The van der Waals surface area contributed by atoms with E-state index in [0.717, 1.165) is 6.29 Å². The Labute approximate surface area is 101 Å². The molecule has 0 aromatic heterocycles. The minimum atomic E-state index is -0.604. The highest BCUT2D eigenvalue weighted by atomic mass is 19.1. The van der Waals surface area contributed by atoms with Crippen molar-refractivity contribution < 1.29 is 18.7 Å². The molecule has 1 aliphatic rings. The van der Waals surface area contributed by atoms with Gasteiger partial charge in [-0.3, -0.25) is 9.29 Å². The van der Waals surface area contributed by atoms with E-state index in [-0.39, 0.29) is 12.5 Å². The molecule has 0 aliphatic carbocycles. The van der Waals surface area contributed by atoms with Crippen molar-refractivity contribution in [3.63, 3.8) is 0 Å². The Morgan fingerprint density at radius 2 is 2.12 bits per heavy atom. The Hall–Kier alpha value is -1.13. The Morgan fingerprint density at radius 1 is 1.47 bits per heavy atom. The zero-order valence-electron chi connectivity index (χ0n) is 10.6. The lowest BCUT2D eigenvalue weighted by atomic mass is 10.1. The van der Waals surface area contributed by atoms with Gasteiger partial charge in [-0.1, -0.05) is 0 Å². The molecule has 0 N–H and O–H groups in total. The van der Waals surface area contributed by atoms with Crippen molar-refractivity contribution in [2.45, 2.75) is 57.7 Å². The van der Waals surface area contributed by atoms with Crippen LogP contribution in [0.25, 0.3) is 0 Å². The van der Waals surface area contributed by atoms with Crippen molar-refractivity contribution in [2.24, 2.45) is 0 Å². The number of hydrogen-bond acceptors (Lipinski definition) is 3. The van der Waals surface area contributed by atoms with Gasteiger partial charge >= 0.3 is 6.09 Å². The summed E-state index contributed by atoms with van der Waals surface area (Å²) in [5.74, 6) is 0. The number of ether oxygens (including phenoxy) is 1. The largest absolute Gasteiger partial charge is 0.444 e. The van der Waals surface area contributed by atoms with Gasteiger partial charge in [-0.15, -0.1) is 0 Å². The number of aldehydes is 1. The SMILES string of the molecule is CC(C)(C)OC(=O)N1C(C=O)CCC1CCF. The fourth-order valence-corrected chi connectivity index (χ4v) is 2.05. The molecule has 0 aromatic rings. The molecule has 0 spiro atoms. The van der Waals surface area contributed by atoms with Gasteiger partial charge in [0.2, 0.25) is 0 Å². The summed E-state index contributed by atoms with van der Waals surface area (Å²) in [6, 6.07) is -0.688. The van der Waals surface area contributed by atoms with E-state index in [1.54, 1.807) is 20.8 Å². The summed E-state index contributed by atoms with van der Waals surface area (Å²) in [7, 11) is 0. The molecule has 1 rings (SSSR count). The van der Waals surface area contributed by atoms with Crippen molar-refractivity contribution in [1.82, 2.24) is 4.90 Å². The Balaban J connectivity index is 2.74. The quantitative estimate of drug-likeness (QED) is 0.717. The van der Waals surface area contributed by atoms with Crippen LogP contribution in [0, 0.1) is 0 Å². The second-order valence-electron chi connectivity index (χ2n) is 5.30. The summed E-state index contributed by atoms with van der Waals surface area (Å²) in [6.07, 6.45) is 1.73. The number of alkyl halides is 1. The first-order valence-electron chi connectivity index (χ1n) is 5.91. The highest BCUT2D eigenvalue weighted by Crippen LogP contribution is 2.27. The maximum atomic E-state index is 12.4. The highest BCUT2D eigenvalue weighted by Gasteiger charge is 2.38. The maximum Gasteiger partial charge on any atom is 0.411 e. The fourth-order valence-electron chi connectivity index (χ4n) is 2.05. The van der Waals surface area contributed by atoms with Crippen molar-refractivity contribution in [1.29, 1.82) is 0 Å². The van der Waals surface area contributed by atoms with E-state index in [0.29, 0.717) is 12.8 Å². The molecule has 2 unspecified atom stereocenters. The molecule has 17 heavy (non-hydrogen) atoms. The summed E-state index contributed by atoms with van der Waals surface area (Å²) in [5, 5.41) is 0. The lowest BCUT2D eigenvalue weighted by Crippen LogP contribution is -2.45. The summed E-state index contributed by atoms with van der Waals surface area (Å²) in [6.45, 7) is 4.80. The van der Waals surface area contributed by atoms with Crippen LogP contribution in [0.5, 0.6) is 0 Å². The van der Waals surface area contributed by atoms with Crippen LogP contribution in [0.1, 0.15) is 40.0 Å². The molecule has 0 saturated carbocycles. The summed E-state index contributed by atoms with van der Waals surface area (Å²) >= 11 is 0. The minimum Gasteiger partial charge on any atom is -0.444 e. The maximum absolute atomic E-state index is 12.4. The smallest absolute Gasteiger partial charge is 0.411 e. The molecule has 5 heteroatoms. The lowest BCUT2D eigenvalue weighted by Gasteiger charge is -2.30. The average molecular weight is 245 g/mol. The monoisotopic (exact) mass is 245 g/mol. The van der Waals surface area contributed by atoms with E-state index in [9.17, 15) is 14.0 Å². The molecule has 1 saturated heterocycles. The fraction of sp³-hybridized carbons (Fsp3) is 0.833. The molecular formula is C12H20FNO3. The van der Waals surface area contributed by atoms with Crippen LogP contribution >= 0.6 is 0 Å². The van der Waals surface area contributed by atoms with E-state index in [1.807, 2.05) is 0 Å². The van der Waals surface area contributed by atoms with Crippen LogP contribution in [0.2, 0.25) is 0 Å². The standard InChI is InChI=1S/C12H20FNO3/c1-12(2,3)17-11(16)14-9(6-7-13)4-5-10(14)8-15/h8-10H,4-7H2,1-3H3. The van der Waals surface area contributed by atoms with Gasteiger partial charge in [0.25, 0.3) is 0 Å². The van der Waals surface area contributed by atoms with Crippen molar-refractivity contribution in [3.8, 4) is 0 Å². The first-order valence-corrected chi connectivity index (χ1v) is 5.91. The summed E-state index contributed by atoms with van der Waals surface area (Å²) < 4.78 is 17.6. The zero-order chi connectivity index (χ0) is 13.1. The van der Waals surface area contributed by atoms with E-state index in [1.165, 1.54) is 4.90 Å². The van der Waals surface area contributed by atoms with E-state index < -0.39 is 24.4 Å². The summed E-state index contributed by atoms with van der Waals surface area (Å²) in [5.41, 5.74) is -0.604. The number of amides is 1. The molecule has 4 nitrogen and oxygen atoms in total. The molecular weight excluding hydrogens is 225 g/mol. The van der Waals surface area contributed by atoms with Gasteiger partial charge in [-0.05, 0) is 40.0 Å². The van der Waals surface area contributed by atoms with Crippen molar-refractivity contribution >= 4 is 12.4 Å². The average Bonchev–Trinajstić information content (AvgIpc) is 2.58. The number of hydrogen-bond donors (Lipinski definition) is 0. The molecule has 1 fully saturated rings. The molecule has 2 atom stereocenters. The second-order valence-corrected chi connectivity index (χ2v) is 5.30. The highest BCUT2D eigenvalue weighted by molar-refractivity contribution is 5.75. The second kappa shape index (κ2) is 5.47. The van der Waals surface area contributed by atoms with Gasteiger partial charge in [0.1, 0.15) is 11.9 Å². The Morgan fingerprint density at radius 3 is 2.59 bits per heavy atom. The third-order valence-corrected chi connectivity index (χ3v) is 2.75. The number of carbonyl (C=O) groups excluding carboxylic acids is 2. The van der Waals surface area contributed by atoms with Crippen LogP contribution in [0.4, 0.5) is 9.18 Å². The predicted octanol–water partition coefficient (Wildman–Crippen LogP) is 2.31. The van der Waals surface area contributed by atoms with E-state index in [2.05, 4.69) is 0 Å². The normalized spacial score (nSPS) is 24.8. The van der Waals surface area contributed by atoms with E-state index >= 15 is 0 Å². The Kier molecular flexibility index (Phi) is 4.48. The molecule has 98 valence electrons. The van der Waals surface area contributed by atoms with Gasteiger partial charge in [0, 0.05) is 6.04 Å². The Bertz CT molecular complexity index is 288. The van der Waals surface area contributed by atoms with Gasteiger partial charge in [-0.2, -0.15) is 0 Å². The third kappa shape index (κ3) is 3.68. The topological polar surface area (TPSA) is 46.6 Å². The molecule has 1 heterocycles. The first-order chi connectivity index (χ1) is 7.89. The van der Waals surface area contributed by atoms with Crippen molar-refractivity contribution in [2.75, 3.05) is 6.67 Å². The van der Waals surface area contributed by atoms with Gasteiger partial charge < -0.3 is 9.53 Å². The molecule has 1 amide bonds. The minimum absolute atomic E-state index is 0.218. The molecule has 0 bridgehead atoms. The summed E-state index contributed by atoms with van der Waals surface area (Å²) in [4.78, 5) is 24.2.